The second kappa shape index (κ2) is 6.08. The molecule has 2 aromatic rings. The number of fused-ring (bicyclic) bond motifs is 1. The third-order valence-electron chi connectivity index (χ3n) is 3.68. The highest BCUT2D eigenvalue weighted by atomic mass is 19.1. The molecule has 0 radical (unpaired) electrons. The van der Waals surface area contributed by atoms with Gasteiger partial charge in [-0.05, 0) is 18.2 Å². The number of nitrogens with one attached hydrogen (secondary N) is 1. The predicted octanol–water partition coefficient (Wildman–Crippen LogP) is 2.73. The lowest BCUT2D eigenvalue weighted by Crippen LogP contribution is -2.24. The van der Waals surface area contributed by atoms with Crippen molar-refractivity contribution in [3.63, 3.8) is 0 Å². The Balaban J connectivity index is 1.88. The number of hydrogen-bond acceptors (Lipinski definition) is 4. The second-order valence-corrected chi connectivity index (χ2v) is 5.04. The van der Waals surface area contributed by atoms with Crippen LogP contribution in [0.1, 0.15) is 21.8 Å². The van der Waals surface area contributed by atoms with E-state index in [-0.39, 0.29) is 23.8 Å². The highest BCUT2D eigenvalue weighted by Gasteiger charge is 2.31. The lowest BCUT2D eigenvalue weighted by molar-refractivity contribution is -0.117. The molecule has 118 valence electrons. The number of carbonyl (C=O) groups excluding carboxylic acids is 2. The number of para-hydroxylation sites is 1. The molecule has 1 heterocycles. The van der Waals surface area contributed by atoms with E-state index in [1.807, 2.05) is 12.1 Å². The topological polar surface area (TPSA) is 64.6 Å². The van der Waals surface area contributed by atoms with E-state index in [9.17, 15) is 14.0 Å². The fourth-order valence-electron chi connectivity index (χ4n) is 2.54. The average molecular weight is 315 g/mol. The zero-order valence-electron chi connectivity index (χ0n) is 12.3. The van der Waals surface area contributed by atoms with E-state index in [0.29, 0.717) is 5.75 Å². The molecule has 1 atom stereocenters. The highest BCUT2D eigenvalue weighted by Crippen LogP contribution is 2.34. The Kier molecular flexibility index (Phi) is 3.97. The van der Waals surface area contributed by atoms with Crippen molar-refractivity contribution in [3.05, 3.63) is 59.4 Å². The van der Waals surface area contributed by atoms with Gasteiger partial charge in [0.15, 0.2) is 0 Å². The molecule has 1 unspecified atom stereocenters. The predicted molar refractivity (Wildman–Crippen MR) is 81.0 cm³/mol. The van der Waals surface area contributed by atoms with E-state index in [0.717, 1.165) is 18.7 Å². The van der Waals surface area contributed by atoms with Crippen LogP contribution >= 0.6 is 0 Å². The summed E-state index contributed by atoms with van der Waals surface area (Å²) in [7, 11) is 1.15. The first-order valence-corrected chi connectivity index (χ1v) is 7.01. The normalized spacial score (nSPS) is 15.5. The van der Waals surface area contributed by atoms with E-state index in [2.05, 4.69) is 10.1 Å². The monoisotopic (exact) mass is 315 g/mol. The number of hydrogen-bond donors (Lipinski definition) is 1. The Morgan fingerprint density at radius 1 is 1.22 bits per heavy atom. The standard InChI is InChI=1S/C17H14FNO4/c1-22-17(21)15-12(18)6-4-7-13(15)19-16(20)11-9-23-14-8-3-2-5-10(11)14/h2-8,11H,9H2,1H3,(H,19,20). The molecule has 3 rings (SSSR count). The number of carbonyl (C=O) groups is 2. The number of benzene rings is 2. The summed E-state index contributed by atoms with van der Waals surface area (Å²) in [6.45, 7) is 0.202. The van der Waals surface area contributed by atoms with E-state index < -0.39 is 17.7 Å². The fourth-order valence-corrected chi connectivity index (χ4v) is 2.54. The molecule has 0 aromatic heterocycles. The molecule has 0 aliphatic carbocycles. The van der Waals surface area contributed by atoms with Gasteiger partial charge in [0, 0.05) is 5.56 Å². The Labute approximate surface area is 132 Å². The second-order valence-electron chi connectivity index (χ2n) is 5.04. The molecule has 1 N–H and O–H groups in total. The van der Waals surface area contributed by atoms with Gasteiger partial charge in [0.2, 0.25) is 5.91 Å². The molecular formula is C17H14FNO4. The molecule has 1 aliphatic rings. The molecule has 6 heteroatoms. The SMILES string of the molecule is COC(=O)c1c(F)cccc1NC(=O)C1COc2ccccc21. The van der Waals surface area contributed by atoms with Crippen molar-refractivity contribution in [3.8, 4) is 5.75 Å². The minimum Gasteiger partial charge on any atom is -0.492 e. The maximum atomic E-state index is 13.9. The molecule has 5 nitrogen and oxygen atoms in total. The van der Waals surface area contributed by atoms with Crippen molar-refractivity contribution < 1.29 is 23.5 Å². The van der Waals surface area contributed by atoms with Crippen LogP contribution in [0, 0.1) is 5.82 Å². The van der Waals surface area contributed by atoms with E-state index in [1.54, 1.807) is 12.1 Å². The fraction of sp³-hybridized carbons (Fsp3) is 0.176. The minimum atomic E-state index is -0.846. The van der Waals surface area contributed by atoms with Crippen LogP contribution in [-0.4, -0.2) is 25.6 Å². The average Bonchev–Trinajstić information content (AvgIpc) is 2.98. The van der Waals surface area contributed by atoms with Crippen LogP contribution in [0.2, 0.25) is 0 Å². The first-order chi connectivity index (χ1) is 11.1. The van der Waals surface area contributed by atoms with Crippen molar-refractivity contribution in [2.24, 2.45) is 0 Å². The lowest BCUT2D eigenvalue weighted by atomic mass is 10.00. The van der Waals surface area contributed by atoms with Crippen LogP contribution in [0.3, 0.4) is 0 Å². The van der Waals surface area contributed by atoms with Crippen molar-refractivity contribution in [1.29, 1.82) is 0 Å². The molecule has 0 fully saturated rings. The zero-order chi connectivity index (χ0) is 16.4. The smallest absolute Gasteiger partial charge is 0.342 e. The van der Waals surface area contributed by atoms with Gasteiger partial charge in [0.05, 0.1) is 12.8 Å². The molecule has 0 bridgehead atoms. The van der Waals surface area contributed by atoms with Gasteiger partial charge in [-0.2, -0.15) is 0 Å². The minimum absolute atomic E-state index is 0.0752. The summed E-state index contributed by atoms with van der Waals surface area (Å²) in [5.74, 6) is -1.83. The summed E-state index contributed by atoms with van der Waals surface area (Å²) in [6, 6.07) is 11.2. The maximum absolute atomic E-state index is 13.9. The van der Waals surface area contributed by atoms with E-state index >= 15 is 0 Å². The molecule has 1 amide bonds. The number of rotatable bonds is 3. The first kappa shape index (κ1) is 15.0. The van der Waals surface area contributed by atoms with Crippen molar-refractivity contribution >= 4 is 17.6 Å². The van der Waals surface area contributed by atoms with Crippen LogP contribution in [0.15, 0.2) is 42.5 Å². The number of halogens is 1. The van der Waals surface area contributed by atoms with Gasteiger partial charge in [-0.25, -0.2) is 9.18 Å². The number of esters is 1. The molecule has 0 saturated heterocycles. The highest BCUT2D eigenvalue weighted by molar-refractivity contribution is 6.03. The van der Waals surface area contributed by atoms with Gasteiger partial charge in [-0.1, -0.05) is 24.3 Å². The van der Waals surface area contributed by atoms with Crippen molar-refractivity contribution in [2.45, 2.75) is 5.92 Å². The van der Waals surface area contributed by atoms with Gasteiger partial charge in [0.25, 0.3) is 0 Å². The summed E-state index contributed by atoms with van der Waals surface area (Å²) in [5, 5.41) is 2.59. The summed E-state index contributed by atoms with van der Waals surface area (Å²) in [5.41, 5.74) is 0.544. The summed E-state index contributed by atoms with van der Waals surface area (Å²) in [4.78, 5) is 24.2. The third-order valence-corrected chi connectivity index (χ3v) is 3.68. The van der Waals surface area contributed by atoms with Gasteiger partial charge in [0.1, 0.15) is 29.7 Å². The lowest BCUT2D eigenvalue weighted by Gasteiger charge is -2.13. The van der Waals surface area contributed by atoms with Crippen LogP contribution in [0.25, 0.3) is 0 Å². The molecule has 0 spiro atoms. The van der Waals surface area contributed by atoms with E-state index in [4.69, 9.17) is 4.74 Å². The van der Waals surface area contributed by atoms with Crippen molar-refractivity contribution in [1.82, 2.24) is 0 Å². The van der Waals surface area contributed by atoms with Gasteiger partial charge < -0.3 is 14.8 Å². The summed E-state index contributed by atoms with van der Waals surface area (Å²) in [6.07, 6.45) is 0. The van der Waals surface area contributed by atoms with Gasteiger partial charge in [-0.3, -0.25) is 4.79 Å². The van der Waals surface area contributed by atoms with Gasteiger partial charge in [-0.15, -0.1) is 0 Å². The van der Waals surface area contributed by atoms with Crippen molar-refractivity contribution in [2.75, 3.05) is 19.0 Å². The number of methoxy groups -OCH3 is 1. The van der Waals surface area contributed by atoms with Crippen LogP contribution in [0.4, 0.5) is 10.1 Å². The maximum Gasteiger partial charge on any atom is 0.342 e. The molecule has 23 heavy (non-hydrogen) atoms. The Morgan fingerprint density at radius 3 is 2.78 bits per heavy atom. The van der Waals surface area contributed by atoms with E-state index in [1.165, 1.54) is 12.1 Å². The number of amides is 1. The Morgan fingerprint density at radius 2 is 2.00 bits per heavy atom. The van der Waals surface area contributed by atoms with Crippen LogP contribution < -0.4 is 10.1 Å². The third kappa shape index (κ3) is 2.75. The molecule has 1 aliphatic heterocycles. The zero-order valence-corrected chi connectivity index (χ0v) is 12.3. The van der Waals surface area contributed by atoms with Crippen LogP contribution in [0.5, 0.6) is 5.75 Å². The van der Waals surface area contributed by atoms with Crippen LogP contribution in [-0.2, 0) is 9.53 Å². The molecular weight excluding hydrogens is 301 g/mol. The summed E-state index contributed by atoms with van der Waals surface area (Å²) < 4.78 is 23.9. The molecule has 2 aromatic carbocycles. The Hall–Kier alpha value is -2.89. The quantitative estimate of drug-likeness (QED) is 0.885. The molecule has 0 saturated carbocycles. The first-order valence-electron chi connectivity index (χ1n) is 7.01. The van der Waals surface area contributed by atoms with Gasteiger partial charge >= 0.3 is 5.97 Å². The number of anilines is 1. The Bertz CT molecular complexity index is 775. The largest absolute Gasteiger partial charge is 0.492 e. The number of ether oxygens (including phenoxy) is 2. The summed E-state index contributed by atoms with van der Waals surface area (Å²) >= 11 is 0.